The molecule has 1 aliphatic heterocycles. The number of allylic oxidation sites excluding steroid dienone is 4. The predicted octanol–water partition coefficient (Wildman–Crippen LogP) is 12.8. The van der Waals surface area contributed by atoms with Gasteiger partial charge in [-0.15, -0.1) is 0 Å². The summed E-state index contributed by atoms with van der Waals surface area (Å²) in [6, 6.07) is 46.2. The number of nitrogens with zero attached hydrogens (tertiary/aromatic N) is 5. The van der Waals surface area contributed by atoms with Gasteiger partial charge in [-0.1, -0.05) is 160 Å². The number of hydrogen-bond donors (Lipinski definition) is 0. The Morgan fingerprint density at radius 2 is 1.02 bits per heavy atom. The van der Waals surface area contributed by atoms with E-state index in [4.69, 9.17) is 15.0 Å². The monoisotopic (exact) mass is 759 g/mol. The van der Waals surface area contributed by atoms with Crippen molar-refractivity contribution in [3.05, 3.63) is 188 Å². The Kier molecular flexibility index (Phi) is 7.46. The van der Waals surface area contributed by atoms with Crippen molar-refractivity contribution < 1.29 is 0 Å². The largest absolute Gasteiger partial charge is 0.357 e. The third-order valence-electron chi connectivity index (χ3n) is 13.4. The van der Waals surface area contributed by atoms with E-state index in [9.17, 15) is 0 Å². The average molecular weight is 760 g/mol. The van der Waals surface area contributed by atoms with Crippen LogP contribution in [-0.2, 0) is 0 Å². The van der Waals surface area contributed by atoms with Crippen molar-refractivity contribution in [1.82, 2.24) is 19.5 Å². The molecule has 0 bridgehead atoms. The maximum atomic E-state index is 5.55. The summed E-state index contributed by atoms with van der Waals surface area (Å²) in [5, 5.41) is 9.27. The molecule has 2 aromatic heterocycles. The number of benzene rings is 7. The normalized spacial score (nSPS) is 20.5. The minimum atomic E-state index is 0.114. The van der Waals surface area contributed by atoms with Gasteiger partial charge in [-0.2, -0.15) is 0 Å². The van der Waals surface area contributed by atoms with Gasteiger partial charge in [-0.25, -0.2) is 15.0 Å². The van der Waals surface area contributed by atoms with Crippen molar-refractivity contribution in [2.24, 2.45) is 17.3 Å². The van der Waals surface area contributed by atoms with Crippen LogP contribution in [0.15, 0.2) is 188 Å². The minimum absolute atomic E-state index is 0.114. The summed E-state index contributed by atoms with van der Waals surface area (Å²) in [7, 11) is 0. The molecule has 0 radical (unpaired) electrons. The highest BCUT2D eigenvalue weighted by atomic mass is 15.2. The lowest BCUT2D eigenvalue weighted by molar-refractivity contribution is 0.109. The fourth-order valence-electron chi connectivity index (χ4n) is 10.6. The van der Waals surface area contributed by atoms with Crippen LogP contribution in [0.4, 0.5) is 5.69 Å². The van der Waals surface area contributed by atoms with Crippen molar-refractivity contribution in [2.45, 2.75) is 25.9 Å². The number of piperidine rings is 1. The van der Waals surface area contributed by atoms with Crippen molar-refractivity contribution in [2.75, 3.05) is 4.90 Å². The standard InChI is InChI=1S/C54H41N5/c1-54(2)45-23-11-13-25-47(45)58(48-26-14-12-24-46(48)54)37-29-27-34(28-30-37)53-57-50-43-21-9-7-19-41(43)42-20-8-10-22-44(42)51(50)59(53)38-32-55-52(56-33-38)49-39-17-5-3-15-35(39)31-36-16-4-6-18-40(36)49/h3-33,45-48H,1-2H3. The Morgan fingerprint density at radius 3 is 1.63 bits per heavy atom. The molecule has 0 spiro atoms. The minimum Gasteiger partial charge on any atom is -0.357 e. The van der Waals surface area contributed by atoms with Crippen LogP contribution in [0.1, 0.15) is 13.8 Å². The van der Waals surface area contributed by atoms with Gasteiger partial charge in [-0.3, -0.25) is 4.57 Å². The van der Waals surface area contributed by atoms with E-state index in [-0.39, 0.29) is 17.5 Å². The zero-order valence-electron chi connectivity index (χ0n) is 32.9. The molecule has 5 nitrogen and oxygen atoms in total. The number of hydrogen-bond acceptors (Lipinski definition) is 4. The van der Waals surface area contributed by atoms with Crippen LogP contribution in [-0.4, -0.2) is 31.6 Å². The summed E-state index contributed by atoms with van der Waals surface area (Å²) >= 11 is 0. The van der Waals surface area contributed by atoms with Gasteiger partial charge in [0.15, 0.2) is 5.82 Å². The molecule has 3 heterocycles. The molecule has 282 valence electrons. The molecule has 0 saturated carbocycles. The van der Waals surface area contributed by atoms with E-state index < -0.39 is 0 Å². The van der Waals surface area contributed by atoms with Gasteiger partial charge >= 0.3 is 0 Å². The number of anilines is 1. The summed E-state index contributed by atoms with van der Waals surface area (Å²) < 4.78 is 2.28. The molecule has 12 rings (SSSR count). The van der Waals surface area contributed by atoms with E-state index in [1.807, 2.05) is 12.4 Å². The quantitative estimate of drug-likeness (QED) is 0.132. The van der Waals surface area contributed by atoms with E-state index in [0.717, 1.165) is 55.2 Å². The summed E-state index contributed by atoms with van der Waals surface area (Å²) in [5.74, 6) is 2.35. The first-order valence-corrected chi connectivity index (χ1v) is 20.7. The molecule has 0 N–H and O–H groups in total. The van der Waals surface area contributed by atoms with Crippen LogP contribution in [0, 0.1) is 17.3 Å². The molecule has 59 heavy (non-hydrogen) atoms. The topological polar surface area (TPSA) is 46.8 Å². The second kappa shape index (κ2) is 13.0. The maximum absolute atomic E-state index is 5.55. The molecule has 1 saturated heterocycles. The maximum Gasteiger partial charge on any atom is 0.160 e. The van der Waals surface area contributed by atoms with E-state index in [1.54, 1.807) is 0 Å². The van der Waals surface area contributed by atoms with E-state index in [2.05, 4.69) is 199 Å². The first-order chi connectivity index (χ1) is 29.0. The Hall–Kier alpha value is -7.11. The van der Waals surface area contributed by atoms with Crippen LogP contribution < -0.4 is 4.90 Å². The lowest BCUT2D eigenvalue weighted by Gasteiger charge is -2.58. The molecule has 1 fully saturated rings. The van der Waals surface area contributed by atoms with Crippen LogP contribution in [0.3, 0.4) is 0 Å². The molecule has 2 aliphatic carbocycles. The van der Waals surface area contributed by atoms with Crippen LogP contribution in [0.25, 0.3) is 82.6 Å². The Balaban J connectivity index is 1.05. The summed E-state index contributed by atoms with van der Waals surface area (Å²) in [6.07, 6.45) is 22.5. The summed E-state index contributed by atoms with van der Waals surface area (Å²) in [5.41, 5.74) is 6.28. The molecule has 3 aliphatic rings. The van der Waals surface area contributed by atoms with Gasteiger partial charge in [0.2, 0.25) is 0 Å². The van der Waals surface area contributed by atoms with Crippen molar-refractivity contribution in [3.63, 3.8) is 0 Å². The molecule has 4 unspecified atom stereocenters. The fourth-order valence-corrected chi connectivity index (χ4v) is 10.6. The van der Waals surface area contributed by atoms with E-state index in [1.165, 1.54) is 27.2 Å². The van der Waals surface area contributed by atoms with Gasteiger partial charge in [-0.05, 0) is 68.1 Å². The highest BCUT2D eigenvalue weighted by Crippen LogP contribution is 2.52. The van der Waals surface area contributed by atoms with Crippen molar-refractivity contribution in [3.8, 4) is 28.5 Å². The van der Waals surface area contributed by atoms with Gasteiger partial charge in [0.05, 0.1) is 41.2 Å². The predicted molar refractivity (Wildman–Crippen MR) is 245 cm³/mol. The average Bonchev–Trinajstić information content (AvgIpc) is 3.70. The highest BCUT2D eigenvalue weighted by molar-refractivity contribution is 6.24. The first-order valence-electron chi connectivity index (χ1n) is 20.7. The highest BCUT2D eigenvalue weighted by Gasteiger charge is 2.51. The lowest BCUT2D eigenvalue weighted by atomic mass is 9.59. The number of imidazole rings is 1. The fraction of sp³-hybridized carbons (Fsp3) is 0.130. The molecule has 0 amide bonds. The molecular formula is C54H41N5. The summed E-state index contributed by atoms with van der Waals surface area (Å²) in [4.78, 5) is 18.5. The number of fused-ring (bicyclic) bond motifs is 10. The second-order valence-corrected chi connectivity index (χ2v) is 16.9. The Labute approximate surface area is 343 Å². The summed E-state index contributed by atoms with van der Waals surface area (Å²) in [6.45, 7) is 4.88. The molecule has 7 aromatic carbocycles. The zero-order chi connectivity index (χ0) is 39.2. The van der Waals surface area contributed by atoms with Crippen LogP contribution in [0.5, 0.6) is 0 Å². The SMILES string of the molecule is CC1(C)C2C=CC=CC2N(c2ccc(-c3nc4c5ccccc5c5ccccc5c4n3-c3cnc(-c4c5ccccc5cc5ccccc45)nc3)cc2)C2C=CC=CC21. The molecule has 4 atom stereocenters. The van der Waals surface area contributed by atoms with E-state index >= 15 is 0 Å². The third-order valence-corrected chi connectivity index (χ3v) is 13.4. The smallest absolute Gasteiger partial charge is 0.160 e. The van der Waals surface area contributed by atoms with Crippen molar-refractivity contribution in [1.29, 1.82) is 0 Å². The van der Waals surface area contributed by atoms with Gasteiger partial charge < -0.3 is 4.90 Å². The second-order valence-electron chi connectivity index (χ2n) is 16.9. The molecule has 5 heteroatoms. The van der Waals surface area contributed by atoms with Gasteiger partial charge in [0.1, 0.15) is 5.82 Å². The van der Waals surface area contributed by atoms with Crippen molar-refractivity contribution >= 4 is 59.8 Å². The number of aromatic nitrogens is 4. The van der Waals surface area contributed by atoms with Gasteiger partial charge in [0, 0.05) is 39.4 Å². The number of rotatable bonds is 4. The molecule has 9 aromatic rings. The Morgan fingerprint density at radius 1 is 0.508 bits per heavy atom. The van der Waals surface area contributed by atoms with Crippen LogP contribution >= 0.6 is 0 Å². The Bertz CT molecular complexity index is 3180. The third kappa shape index (κ3) is 5.07. The van der Waals surface area contributed by atoms with E-state index in [0.29, 0.717) is 17.7 Å². The zero-order valence-corrected chi connectivity index (χ0v) is 32.9. The van der Waals surface area contributed by atoms with Crippen LogP contribution in [0.2, 0.25) is 0 Å². The van der Waals surface area contributed by atoms with Gasteiger partial charge in [0.25, 0.3) is 0 Å². The lowest BCUT2D eigenvalue weighted by Crippen LogP contribution is -2.61. The first kappa shape index (κ1) is 34.0. The molecular weight excluding hydrogens is 719 g/mol.